The van der Waals surface area contributed by atoms with E-state index in [1.807, 2.05) is 26.0 Å². The number of nitrogens with zero attached hydrogens (tertiary/aromatic N) is 2. The van der Waals surface area contributed by atoms with E-state index >= 15 is 0 Å². The molecule has 1 aromatic heterocycles. The number of methoxy groups -OCH3 is 2. The normalized spacial score (nSPS) is 10.3. The van der Waals surface area contributed by atoms with Gasteiger partial charge in [0, 0.05) is 23.9 Å². The minimum absolute atomic E-state index is 0.460. The summed E-state index contributed by atoms with van der Waals surface area (Å²) in [6.07, 6.45) is 0. The van der Waals surface area contributed by atoms with Crippen LogP contribution in [0.1, 0.15) is 12.6 Å². The predicted octanol–water partition coefficient (Wildman–Crippen LogP) is 3.55. The van der Waals surface area contributed by atoms with Gasteiger partial charge in [0.15, 0.2) is 17.3 Å². The van der Waals surface area contributed by atoms with Crippen LogP contribution in [0.15, 0.2) is 18.2 Å². The van der Waals surface area contributed by atoms with E-state index in [0.717, 1.165) is 23.6 Å². The monoisotopic (exact) mass is 307 g/mol. The van der Waals surface area contributed by atoms with Crippen molar-refractivity contribution in [3.05, 3.63) is 28.9 Å². The third kappa shape index (κ3) is 3.36. The van der Waals surface area contributed by atoms with Crippen molar-refractivity contribution in [2.24, 2.45) is 0 Å². The number of hydrogen-bond acceptors (Lipinski definition) is 5. The maximum absolute atomic E-state index is 6.23. The summed E-state index contributed by atoms with van der Waals surface area (Å²) in [6, 6.07) is 5.48. The summed E-state index contributed by atoms with van der Waals surface area (Å²) < 4.78 is 10.5. The zero-order valence-corrected chi connectivity index (χ0v) is 13.3. The summed E-state index contributed by atoms with van der Waals surface area (Å²) in [7, 11) is 3.12. The molecule has 2 rings (SSSR count). The summed E-state index contributed by atoms with van der Waals surface area (Å²) in [5.74, 6) is 2.43. The largest absolute Gasteiger partial charge is 0.493 e. The van der Waals surface area contributed by atoms with Crippen LogP contribution < -0.4 is 14.8 Å². The molecule has 112 valence electrons. The standard InChI is InChI=1S/C15H18ClN3O2/c1-5-17-13-6-9(2)18-15(19-13)10-7-11(16)14(21-4)12(8-10)20-3/h6-8H,5H2,1-4H3,(H,17,18,19). The quantitative estimate of drug-likeness (QED) is 0.915. The Morgan fingerprint density at radius 3 is 2.52 bits per heavy atom. The van der Waals surface area contributed by atoms with E-state index in [2.05, 4.69) is 15.3 Å². The van der Waals surface area contributed by atoms with Crippen LogP contribution >= 0.6 is 11.6 Å². The third-order valence-corrected chi connectivity index (χ3v) is 3.18. The Kier molecular flexibility index (Phi) is 4.85. The van der Waals surface area contributed by atoms with E-state index in [9.17, 15) is 0 Å². The summed E-state index contributed by atoms with van der Waals surface area (Å²) in [5, 5.41) is 3.64. The van der Waals surface area contributed by atoms with E-state index in [1.54, 1.807) is 20.3 Å². The number of aromatic nitrogens is 2. The Morgan fingerprint density at radius 1 is 1.14 bits per heavy atom. The van der Waals surface area contributed by atoms with Crippen LogP contribution in [0.2, 0.25) is 5.02 Å². The highest BCUT2D eigenvalue weighted by molar-refractivity contribution is 6.32. The van der Waals surface area contributed by atoms with Crippen molar-refractivity contribution in [2.75, 3.05) is 26.1 Å². The first kappa shape index (κ1) is 15.4. The number of halogens is 1. The molecule has 5 nitrogen and oxygen atoms in total. The van der Waals surface area contributed by atoms with Gasteiger partial charge in [-0.3, -0.25) is 0 Å². The van der Waals surface area contributed by atoms with E-state index < -0.39 is 0 Å². The van der Waals surface area contributed by atoms with Gasteiger partial charge in [0.1, 0.15) is 5.82 Å². The van der Waals surface area contributed by atoms with Crippen LogP contribution in [-0.4, -0.2) is 30.7 Å². The van der Waals surface area contributed by atoms with Gasteiger partial charge in [-0.05, 0) is 26.0 Å². The molecule has 0 aliphatic heterocycles. The first-order chi connectivity index (χ1) is 10.1. The first-order valence-electron chi connectivity index (χ1n) is 6.60. The molecule has 0 saturated carbocycles. The van der Waals surface area contributed by atoms with Crippen LogP contribution in [-0.2, 0) is 0 Å². The van der Waals surface area contributed by atoms with Crippen molar-refractivity contribution in [2.45, 2.75) is 13.8 Å². The fraction of sp³-hybridized carbons (Fsp3) is 0.333. The molecule has 0 spiro atoms. The topological polar surface area (TPSA) is 56.3 Å². The van der Waals surface area contributed by atoms with Crippen molar-refractivity contribution >= 4 is 17.4 Å². The average molecular weight is 308 g/mol. The summed E-state index contributed by atoms with van der Waals surface area (Å²) in [4.78, 5) is 8.94. The minimum atomic E-state index is 0.460. The Labute approximate surface area is 129 Å². The van der Waals surface area contributed by atoms with Crippen LogP contribution in [0, 0.1) is 6.92 Å². The van der Waals surface area contributed by atoms with Gasteiger partial charge in [-0.15, -0.1) is 0 Å². The molecular weight excluding hydrogens is 290 g/mol. The molecule has 0 saturated heterocycles. The molecule has 2 aromatic rings. The molecule has 6 heteroatoms. The van der Waals surface area contributed by atoms with Gasteiger partial charge >= 0.3 is 0 Å². The maximum Gasteiger partial charge on any atom is 0.179 e. The Balaban J connectivity index is 2.53. The molecule has 0 fully saturated rings. The predicted molar refractivity (Wildman–Crippen MR) is 84.5 cm³/mol. The van der Waals surface area contributed by atoms with Gasteiger partial charge < -0.3 is 14.8 Å². The molecular formula is C15H18ClN3O2. The van der Waals surface area contributed by atoms with Gasteiger partial charge in [-0.2, -0.15) is 0 Å². The molecule has 0 aliphatic rings. The fourth-order valence-corrected chi connectivity index (χ4v) is 2.30. The highest BCUT2D eigenvalue weighted by Gasteiger charge is 2.14. The second-order valence-corrected chi connectivity index (χ2v) is 4.85. The van der Waals surface area contributed by atoms with Crippen LogP contribution in [0.5, 0.6) is 11.5 Å². The smallest absolute Gasteiger partial charge is 0.179 e. The van der Waals surface area contributed by atoms with Gasteiger partial charge in [-0.1, -0.05) is 11.6 Å². The Hall–Kier alpha value is -2.01. The van der Waals surface area contributed by atoms with Gasteiger partial charge in [-0.25, -0.2) is 9.97 Å². The summed E-state index contributed by atoms with van der Waals surface area (Å²) >= 11 is 6.23. The molecule has 0 bridgehead atoms. The minimum Gasteiger partial charge on any atom is -0.493 e. The summed E-state index contributed by atoms with van der Waals surface area (Å²) in [6.45, 7) is 4.74. The molecule has 0 radical (unpaired) electrons. The number of nitrogens with one attached hydrogen (secondary N) is 1. The first-order valence-corrected chi connectivity index (χ1v) is 6.98. The zero-order chi connectivity index (χ0) is 15.4. The number of ether oxygens (including phenoxy) is 2. The molecule has 1 aromatic carbocycles. The third-order valence-electron chi connectivity index (χ3n) is 2.90. The highest BCUT2D eigenvalue weighted by Crippen LogP contribution is 2.38. The number of anilines is 1. The molecule has 0 aliphatic carbocycles. The van der Waals surface area contributed by atoms with E-state index in [4.69, 9.17) is 21.1 Å². The lowest BCUT2D eigenvalue weighted by atomic mass is 10.2. The number of aryl methyl sites for hydroxylation is 1. The van der Waals surface area contributed by atoms with Gasteiger partial charge in [0.25, 0.3) is 0 Å². The molecule has 0 amide bonds. The van der Waals surface area contributed by atoms with E-state index in [-0.39, 0.29) is 0 Å². The number of rotatable bonds is 5. The van der Waals surface area contributed by atoms with E-state index in [0.29, 0.717) is 22.3 Å². The SMILES string of the molecule is CCNc1cc(C)nc(-c2cc(Cl)c(OC)c(OC)c2)n1. The lowest BCUT2D eigenvalue weighted by molar-refractivity contribution is 0.355. The molecule has 21 heavy (non-hydrogen) atoms. The second kappa shape index (κ2) is 6.63. The molecule has 0 unspecified atom stereocenters. The molecule has 1 heterocycles. The average Bonchev–Trinajstić information content (AvgIpc) is 2.46. The summed E-state index contributed by atoms with van der Waals surface area (Å²) in [5.41, 5.74) is 1.65. The highest BCUT2D eigenvalue weighted by atomic mass is 35.5. The zero-order valence-electron chi connectivity index (χ0n) is 12.5. The van der Waals surface area contributed by atoms with Crippen molar-refractivity contribution in [3.63, 3.8) is 0 Å². The number of benzene rings is 1. The van der Waals surface area contributed by atoms with Gasteiger partial charge in [0.2, 0.25) is 0 Å². The Bertz CT molecular complexity index is 647. The lowest BCUT2D eigenvalue weighted by Crippen LogP contribution is -2.03. The van der Waals surface area contributed by atoms with Crippen molar-refractivity contribution < 1.29 is 9.47 Å². The van der Waals surface area contributed by atoms with Gasteiger partial charge in [0.05, 0.1) is 19.2 Å². The Morgan fingerprint density at radius 2 is 1.90 bits per heavy atom. The maximum atomic E-state index is 6.23. The van der Waals surface area contributed by atoms with Crippen LogP contribution in [0.25, 0.3) is 11.4 Å². The van der Waals surface area contributed by atoms with Crippen LogP contribution in [0.3, 0.4) is 0 Å². The van der Waals surface area contributed by atoms with Crippen molar-refractivity contribution in [1.82, 2.24) is 9.97 Å². The van der Waals surface area contributed by atoms with Crippen LogP contribution in [0.4, 0.5) is 5.82 Å². The lowest BCUT2D eigenvalue weighted by Gasteiger charge is -2.12. The second-order valence-electron chi connectivity index (χ2n) is 4.44. The van der Waals surface area contributed by atoms with Crippen molar-refractivity contribution in [1.29, 1.82) is 0 Å². The van der Waals surface area contributed by atoms with E-state index in [1.165, 1.54) is 0 Å². The number of hydrogen-bond donors (Lipinski definition) is 1. The molecule has 1 N–H and O–H groups in total. The van der Waals surface area contributed by atoms with Crippen molar-refractivity contribution in [3.8, 4) is 22.9 Å². The fourth-order valence-electron chi connectivity index (χ4n) is 2.02. The molecule has 0 atom stereocenters.